The van der Waals surface area contributed by atoms with Crippen molar-refractivity contribution >= 4 is 12.5 Å². The maximum absolute atomic E-state index is 10.6. The summed E-state index contributed by atoms with van der Waals surface area (Å²) < 4.78 is 0. The van der Waals surface area contributed by atoms with Gasteiger partial charge in [-0.2, -0.15) is 0 Å². The lowest BCUT2D eigenvalue weighted by atomic mass is 10.3. The molecule has 0 fully saturated rings. The molecule has 0 aromatic carbocycles. The monoisotopic (exact) mass is 236 g/mol. The SMILES string of the molecule is C=C/C(=C\c1nc(CNC=O)[nH]c1C)[N+](=O)[O-]. The number of nitro groups is 1. The van der Waals surface area contributed by atoms with Crippen molar-refractivity contribution in [2.75, 3.05) is 0 Å². The van der Waals surface area contributed by atoms with Crippen LogP contribution in [0.4, 0.5) is 0 Å². The molecular weight excluding hydrogens is 224 g/mol. The number of rotatable bonds is 6. The molecule has 0 unspecified atom stereocenters. The molecule has 1 aromatic heterocycles. The maximum atomic E-state index is 10.6. The molecule has 1 aromatic rings. The summed E-state index contributed by atoms with van der Waals surface area (Å²) in [4.78, 5) is 27.2. The fourth-order valence-electron chi connectivity index (χ4n) is 1.23. The molecule has 0 aliphatic carbocycles. The third-order valence-corrected chi connectivity index (χ3v) is 2.03. The van der Waals surface area contributed by atoms with Gasteiger partial charge in [-0.15, -0.1) is 0 Å². The normalized spacial score (nSPS) is 11.0. The molecule has 1 amide bonds. The molecular formula is C10H12N4O3. The Morgan fingerprint density at radius 1 is 1.71 bits per heavy atom. The van der Waals surface area contributed by atoms with E-state index in [2.05, 4.69) is 21.9 Å². The van der Waals surface area contributed by atoms with E-state index in [0.717, 1.165) is 6.08 Å². The van der Waals surface area contributed by atoms with Crippen LogP contribution in [0.3, 0.4) is 0 Å². The highest BCUT2D eigenvalue weighted by Gasteiger charge is 2.10. The molecule has 0 bridgehead atoms. The van der Waals surface area contributed by atoms with Crippen molar-refractivity contribution in [3.8, 4) is 0 Å². The Bertz CT molecular complexity index is 476. The van der Waals surface area contributed by atoms with Gasteiger partial charge in [-0.1, -0.05) is 6.58 Å². The van der Waals surface area contributed by atoms with Gasteiger partial charge in [-0.05, 0) is 6.92 Å². The minimum Gasteiger partial charge on any atom is -0.351 e. The number of carbonyl (C=O) groups excluding carboxylic acids is 1. The number of imidazole rings is 1. The number of allylic oxidation sites excluding steroid dienone is 1. The Labute approximate surface area is 97.4 Å². The summed E-state index contributed by atoms with van der Waals surface area (Å²) in [6, 6.07) is 0. The molecule has 0 radical (unpaired) electrons. The van der Waals surface area contributed by atoms with E-state index in [1.165, 1.54) is 6.08 Å². The van der Waals surface area contributed by atoms with E-state index in [-0.39, 0.29) is 12.2 Å². The zero-order valence-electron chi connectivity index (χ0n) is 9.27. The summed E-state index contributed by atoms with van der Waals surface area (Å²) in [6.45, 7) is 5.35. The largest absolute Gasteiger partial charge is 0.351 e. The summed E-state index contributed by atoms with van der Waals surface area (Å²) in [6.07, 6.45) is 3.03. The molecule has 0 aliphatic rings. The van der Waals surface area contributed by atoms with E-state index in [0.29, 0.717) is 23.6 Å². The fraction of sp³-hybridized carbons (Fsp3) is 0.200. The van der Waals surface area contributed by atoms with Crippen molar-refractivity contribution in [2.24, 2.45) is 0 Å². The number of nitrogens with one attached hydrogen (secondary N) is 2. The van der Waals surface area contributed by atoms with Gasteiger partial charge in [-0.25, -0.2) is 4.98 Å². The van der Waals surface area contributed by atoms with Gasteiger partial charge < -0.3 is 10.3 Å². The summed E-state index contributed by atoms with van der Waals surface area (Å²) in [5, 5.41) is 13.0. The van der Waals surface area contributed by atoms with E-state index in [1.807, 2.05) is 0 Å². The summed E-state index contributed by atoms with van der Waals surface area (Å²) in [5.41, 5.74) is 1.02. The average molecular weight is 236 g/mol. The van der Waals surface area contributed by atoms with Crippen LogP contribution in [0.2, 0.25) is 0 Å². The number of aromatic amines is 1. The second-order valence-corrected chi connectivity index (χ2v) is 3.22. The highest BCUT2D eigenvalue weighted by molar-refractivity contribution is 5.52. The third-order valence-electron chi connectivity index (χ3n) is 2.03. The Morgan fingerprint density at radius 3 is 2.94 bits per heavy atom. The third kappa shape index (κ3) is 3.26. The zero-order valence-corrected chi connectivity index (χ0v) is 9.27. The number of carbonyl (C=O) groups is 1. The molecule has 90 valence electrons. The predicted octanol–water partition coefficient (Wildman–Crippen LogP) is 0.768. The lowest BCUT2D eigenvalue weighted by Gasteiger charge is -1.91. The lowest BCUT2D eigenvalue weighted by Crippen LogP contribution is -2.10. The number of nitrogens with zero attached hydrogens (tertiary/aromatic N) is 2. The minimum atomic E-state index is -0.537. The number of aryl methyl sites for hydroxylation is 1. The van der Waals surface area contributed by atoms with Gasteiger partial charge >= 0.3 is 0 Å². The highest BCUT2D eigenvalue weighted by atomic mass is 16.6. The Kier molecular flexibility index (Phi) is 4.15. The van der Waals surface area contributed by atoms with E-state index < -0.39 is 4.92 Å². The average Bonchev–Trinajstić information content (AvgIpc) is 2.63. The number of amides is 1. The molecule has 17 heavy (non-hydrogen) atoms. The summed E-state index contributed by atoms with van der Waals surface area (Å²) in [5.74, 6) is 0.535. The molecule has 0 atom stereocenters. The van der Waals surface area contributed by atoms with E-state index in [1.54, 1.807) is 6.92 Å². The Morgan fingerprint density at radius 2 is 2.41 bits per heavy atom. The van der Waals surface area contributed by atoms with Gasteiger partial charge in [0.25, 0.3) is 5.70 Å². The second-order valence-electron chi connectivity index (χ2n) is 3.22. The molecule has 7 nitrogen and oxygen atoms in total. The Hall–Kier alpha value is -2.44. The van der Waals surface area contributed by atoms with Gasteiger partial charge in [0.2, 0.25) is 6.41 Å². The van der Waals surface area contributed by atoms with Gasteiger partial charge in [0.1, 0.15) is 5.82 Å². The van der Waals surface area contributed by atoms with Crippen LogP contribution in [-0.2, 0) is 11.3 Å². The van der Waals surface area contributed by atoms with E-state index in [4.69, 9.17) is 0 Å². The van der Waals surface area contributed by atoms with Crippen molar-refractivity contribution in [3.05, 3.63) is 45.7 Å². The molecule has 0 spiro atoms. The summed E-state index contributed by atoms with van der Waals surface area (Å²) in [7, 11) is 0. The summed E-state index contributed by atoms with van der Waals surface area (Å²) >= 11 is 0. The second kappa shape index (κ2) is 5.59. The first kappa shape index (κ1) is 12.6. The molecule has 0 saturated carbocycles. The van der Waals surface area contributed by atoms with E-state index in [9.17, 15) is 14.9 Å². The fourth-order valence-corrected chi connectivity index (χ4v) is 1.23. The van der Waals surface area contributed by atoms with Gasteiger partial charge in [0, 0.05) is 17.8 Å². The van der Waals surface area contributed by atoms with E-state index >= 15 is 0 Å². The zero-order chi connectivity index (χ0) is 12.8. The molecule has 1 rings (SSSR count). The van der Waals surface area contributed by atoms with Crippen molar-refractivity contribution in [1.82, 2.24) is 15.3 Å². The maximum Gasteiger partial charge on any atom is 0.271 e. The highest BCUT2D eigenvalue weighted by Crippen LogP contribution is 2.11. The van der Waals surface area contributed by atoms with Gasteiger partial charge in [0.05, 0.1) is 17.2 Å². The van der Waals surface area contributed by atoms with Crippen LogP contribution < -0.4 is 5.32 Å². The van der Waals surface area contributed by atoms with Crippen LogP contribution in [0.15, 0.2) is 18.4 Å². The number of aromatic nitrogens is 2. The predicted molar refractivity (Wildman–Crippen MR) is 61.4 cm³/mol. The Balaban J connectivity index is 2.98. The topological polar surface area (TPSA) is 101 Å². The molecule has 0 saturated heterocycles. The van der Waals surface area contributed by atoms with Crippen LogP contribution in [0, 0.1) is 17.0 Å². The van der Waals surface area contributed by atoms with Crippen molar-refractivity contribution in [2.45, 2.75) is 13.5 Å². The minimum absolute atomic E-state index is 0.130. The first-order chi connectivity index (χ1) is 8.08. The van der Waals surface area contributed by atoms with Crippen molar-refractivity contribution in [1.29, 1.82) is 0 Å². The van der Waals surface area contributed by atoms with Crippen LogP contribution in [0.5, 0.6) is 0 Å². The van der Waals surface area contributed by atoms with Crippen LogP contribution in [-0.4, -0.2) is 21.3 Å². The van der Waals surface area contributed by atoms with Crippen molar-refractivity contribution in [3.63, 3.8) is 0 Å². The van der Waals surface area contributed by atoms with Crippen LogP contribution >= 0.6 is 0 Å². The van der Waals surface area contributed by atoms with Gasteiger partial charge in [-0.3, -0.25) is 14.9 Å². The quantitative estimate of drug-likeness (QED) is 0.329. The van der Waals surface area contributed by atoms with Crippen LogP contribution in [0.1, 0.15) is 17.2 Å². The van der Waals surface area contributed by atoms with Crippen molar-refractivity contribution < 1.29 is 9.72 Å². The first-order valence-corrected chi connectivity index (χ1v) is 4.79. The standard InChI is InChI=1S/C10H12N4O3/c1-3-8(14(16)17)4-9-7(2)12-10(13-9)5-11-6-15/h3-4,6H,1,5H2,2H3,(H,11,15)(H,12,13)/b8-4+. The molecule has 7 heteroatoms. The lowest BCUT2D eigenvalue weighted by molar-refractivity contribution is -0.417. The van der Waals surface area contributed by atoms with Crippen LogP contribution in [0.25, 0.3) is 6.08 Å². The smallest absolute Gasteiger partial charge is 0.271 e. The number of H-pyrrole nitrogens is 1. The molecule has 0 aliphatic heterocycles. The number of hydrogen-bond donors (Lipinski definition) is 2. The molecule has 2 N–H and O–H groups in total. The first-order valence-electron chi connectivity index (χ1n) is 4.79. The molecule has 1 heterocycles. The van der Waals surface area contributed by atoms with Gasteiger partial charge in [0.15, 0.2) is 0 Å². The number of hydrogen-bond acceptors (Lipinski definition) is 4.